The summed E-state index contributed by atoms with van der Waals surface area (Å²) < 4.78 is 4.78. The molecular formula is C12H23NO3. The van der Waals surface area contributed by atoms with E-state index in [1.165, 1.54) is 19.3 Å². The minimum atomic E-state index is -0.633. The van der Waals surface area contributed by atoms with Crippen molar-refractivity contribution in [2.45, 2.75) is 51.7 Å². The zero-order chi connectivity index (χ0) is 12.0. The maximum Gasteiger partial charge on any atom is 0.308 e. The molecule has 0 aromatic heterocycles. The van der Waals surface area contributed by atoms with Crippen molar-refractivity contribution in [1.29, 1.82) is 0 Å². The maximum absolute atomic E-state index is 11.1. The van der Waals surface area contributed by atoms with Gasteiger partial charge in [0.2, 0.25) is 0 Å². The van der Waals surface area contributed by atoms with Crippen LogP contribution in [0.2, 0.25) is 0 Å². The summed E-state index contributed by atoms with van der Waals surface area (Å²) in [7, 11) is 0. The molecule has 0 aliphatic heterocycles. The van der Waals surface area contributed by atoms with Crippen molar-refractivity contribution in [2.75, 3.05) is 13.2 Å². The van der Waals surface area contributed by atoms with Gasteiger partial charge in [-0.3, -0.25) is 4.79 Å². The molecule has 0 radical (unpaired) electrons. The molecule has 0 heterocycles. The molecule has 1 rings (SSSR count). The van der Waals surface area contributed by atoms with E-state index in [0.29, 0.717) is 25.1 Å². The second-order valence-electron chi connectivity index (χ2n) is 4.59. The first-order valence-electron chi connectivity index (χ1n) is 6.20. The second kappa shape index (κ2) is 6.86. The molecule has 4 nitrogen and oxygen atoms in total. The fourth-order valence-corrected chi connectivity index (χ4v) is 2.22. The summed E-state index contributed by atoms with van der Waals surface area (Å²) >= 11 is 0. The minimum absolute atomic E-state index is 0.0853. The Morgan fingerprint density at radius 3 is 2.88 bits per heavy atom. The molecule has 0 spiro atoms. The van der Waals surface area contributed by atoms with Crippen LogP contribution >= 0.6 is 0 Å². The van der Waals surface area contributed by atoms with Crippen LogP contribution in [0.15, 0.2) is 0 Å². The van der Waals surface area contributed by atoms with Gasteiger partial charge < -0.3 is 15.2 Å². The van der Waals surface area contributed by atoms with Crippen LogP contribution in [0.4, 0.5) is 0 Å². The minimum Gasteiger partial charge on any atom is -0.466 e. The molecule has 1 saturated carbocycles. The zero-order valence-corrected chi connectivity index (χ0v) is 10.2. The largest absolute Gasteiger partial charge is 0.466 e. The third-order valence-electron chi connectivity index (χ3n) is 3.18. The number of carbonyl (C=O) groups is 1. The first-order chi connectivity index (χ1) is 7.63. The van der Waals surface area contributed by atoms with E-state index in [1.54, 1.807) is 6.92 Å². The lowest BCUT2D eigenvalue weighted by Gasteiger charge is -2.19. The van der Waals surface area contributed by atoms with E-state index in [-0.39, 0.29) is 12.4 Å². The fourth-order valence-electron chi connectivity index (χ4n) is 2.22. The lowest BCUT2D eigenvalue weighted by atomic mass is 10.1. The Morgan fingerprint density at radius 2 is 2.31 bits per heavy atom. The lowest BCUT2D eigenvalue weighted by Crippen LogP contribution is -2.38. The first kappa shape index (κ1) is 13.5. The highest BCUT2D eigenvalue weighted by Gasteiger charge is 2.23. The molecule has 3 atom stereocenters. The molecule has 3 unspecified atom stereocenters. The van der Waals surface area contributed by atoms with Crippen molar-refractivity contribution in [3.05, 3.63) is 0 Å². The summed E-state index contributed by atoms with van der Waals surface area (Å²) in [5, 5.41) is 13.0. The van der Waals surface area contributed by atoms with E-state index in [0.717, 1.165) is 0 Å². The lowest BCUT2D eigenvalue weighted by molar-refractivity contribution is -0.145. The molecule has 0 aromatic rings. The van der Waals surface area contributed by atoms with Gasteiger partial charge in [0.25, 0.3) is 0 Å². The van der Waals surface area contributed by atoms with E-state index < -0.39 is 6.10 Å². The first-order valence-corrected chi connectivity index (χ1v) is 6.20. The number of esters is 1. The number of hydrogen-bond donors (Lipinski definition) is 2. The highest BCUT2D eigenvalue weighted by atomic mass is 16.5. The average Bonchev–Trinajstić information content (AvgIpc) is 2.61. The van der Waals surface area contributed by atoms with Crippen LogP contribution < -0.4 is 5.32 Å². The number of rotatable bonds is 6. The van der Waals surface area contributed by atoms with Crippen LogP contribution in [0.5, 0.6) is 0 Å². The van der Waals surface area contributed by atoms with Gasteiger partial charge in [-0.25, -0.2) is 0 Å². The van der Waals surface area contributed by atoms with Gasteiger partial charge in [-0.2, -0.15) is 0 Å². The van der Waals surface area contributed by atoms with Gasteiger partial charge in [-0.05, 0) is 25.7 Å². The van der Waals surface area contributed by atoms with Crippen LogP contribution in [0.25, 0.3) is 0 Å². The van der Waals surface area contributed by atoms with Crippen LogP contribution in [0, 0.1) is 5.92 Å². The van der Waals surface area contributed by atoms with Crippen molar-refractivity contribution >= 4 is 5.97 Å². The van der Waals surface area contributed by atoms with Crippen LogP contribution in [0.3, 0.4) is 0 Å². The molecule has 1 fully saturated rings. The molecule has 94 valence electrons. The van der Waals surface area contributed by atoms with Crippen molar-refractivity contribution < 1.29 is 14.6 Å². The summed E-state index contributed by atoms with van der Waals surface area (Å²) in [5.74, 6) is 0.353. The van der Waals surface area contributed by atoms with E-state index in [2.05, 4.69) is 12.2 Å². The number of hydrogen-bond acceptors (Lipinski definition) is 4. The quantitative estimate of drug-likeness (QED) is 0.669. The predicted molar refractivity (Wildman–Crippen MR) is 62.1 cm³/mol. The Labute approximate surface area is 97.4 Å². The van der Waals surface area contributed by atoms with Crippen molar-refractivity contribution in [1.82, 2.24) is 5.32 Å². The number of aliphatic hydroxyl groups is 1. The normalized spacial score (nSPS) is 26.7. The van der Waals surface area contributed by atoms with E-state index in [4.69, 9.17) is 4.74 Å². The Balaban J connectivity index is 2.14. The highest BCUT2D eigenvalue weighted by Crippen LogP contribution is 2.24. The molecule has 1 aliphatic carbocycles. The number of aliphatic hydroxyl groups excluding tert-OH is 1. The van der Waals surface area contributed by atoms with E-state index in [9.17, 15) is 9.90 Å². The van der Waals surface area contributed by atoms with Gasteiger partial charge in [0, 0.05) is 12.6 Å². The van der Waals surface area contributed by atoms with Gasteiger partial charge in [-0.1, -0.05) is 13.3 Å². The monoisotopic (exact) mass is 229 g/mol. The molecule has 0 bridgehead atoms. The Bertz CT molecular complexity index is 220. The predicted octanol–water partition coefficient (Wildman–Crippen LogP) is 1.08. The molecule has 2 N–H and O–H groups in total. The van der Waals surface area contributed by atoms with Gasteiger partial charge >= 0.3 is 5.97 Å². The molecule has 0 saturated heterocycles. The topological polar surface area (TPSA) is 58.6 Å². The number of ether oxygens (including phenoxy) is 1. The molecule has 0 amide bonds. The van der Waals surface area contributed by atoms with Crippen LogP contribution in [-0.2, 0) is 9.53 Å². The summed E-state index contributed by atoms with van der Waals surface area (Å²) in [5.41, 5.74) is 0. The number of nitrogens with one attached hydrogen (secondary N) is 1. The Kier molecular flexibility index (Phi) is 5.77. The van der Waals surface area contributed by atoms with Crippen LogP contribution in [-0.4, -0.2) is 36.4 Å². The Morgan fingerprint density at radius 1 is 1.56 bits per heavy atom. The van der Waals surface area contributed by atoms with Crippen molar-refractivity contribution in [3.63, 3.8) is 0 Å². The van der Waals surface area contributed by atoms with Crippen LogP contribution in [0.1, 0.15) is 39.5 Å². The van der Waals surface area contributed by atoms with Crippen molar-refractivity contribution in [3.8, 4) is 0 Å². The summed E-state index contributed by atoms with van der Waals surface area (Å²) in [6, 6.07) is 0.497. The van der Waals surface area contributed by atoms with Crippen molar-refractivity contribution in [2.24, 2.45) is 5.92 Å². The molecule has 1 aliphatic rings. The zero-order valence-electron chi connectivity index (χ0n) is 10.2. The summed E-state index contributed by atoms with van der Waals surface area (Å²) in [4.78, 5) is 11.1. The SMILES string of the molecule is CCOC(=O)CC(O)CNC1CCCC1C. The maximum atomic E-state index is 11.1. The second-order valence-corrected chi connectivity index (χ2v) is 4.59. The van der Waals surface area contributed by atoms with Gasteiger partial charge in [-0.15, -0.1) is 0 Å². The summed E-state index contributed by atoms with van der Waals surface area (Å²) in [6.07, 6.45) is 3.14. The van der Waals surface area contributed by atoms with Gasteiger partial charge in [0.1, 0.15) is 0 Å². The third kappa shape index (κ3) is 4.49. The fraction of sp³-hybridized carbons (Fsp3) is 0.917. The number of carbonyl (C=O) groups excluding carboxylic acids is 1. The molecular weight excluding hydrogens is 206 g/mol. The molecule has 16 heavy (non-hydrogen) atoms. The smallest absolute Gasteiger partial charge is 0.308 e. The van der Waals surface area contributed by atoms with Gasteiger partial charge in [0.15, 0.2) is 0 Å². The standard InChI is InChI=1S/C12H23NO3/c1-3-16-12(15)7-10(14)8-13-11-6-4-5-9(11)2/h9-11,13-14H,3-8H2,1-2H3. The van der Waals surface area contributed by atoms with E-state index in [1.807, 2.05) is 0 Å². The molecule has 4 heteroatoms. The highest BCUT2D eigenvalue weighted by molar-refractivity contribution is 5.69. The average molecular weight is 229 g/mol. The summed E-state index contributed by atoms with van der Waals surface area (Å²) in [6.45, 7) is 4.84. The van der Waals surface area contributed by atoms with E-state index >= 15 is 0 Å². The molecule has 0 aromatic carbocycles. The third-order valence-corrected chi connectivity index (χ3v) is 3.18. The Hall–Kier alpha value is -0.610. The van der Waals surface area contributed by atoms with Gasteiger partial charge in [0.05, 0.1) is 19.1 Å².